The molecule has 2 aromatic rings. The van der Waals surface area contributed by atoms with E-state index in [1.165, 1.54) is 38.3 Å². The number of urea groups is 1. The fraction of sp³-hybridized carbons (Fsp3) is 0.273. The van der Waals surface area contributed by atoms with Crippen molar-refractivity contribution in [2.24, 2.45) is 0 Å². The second-order valence-corrected chi connectivity index (χ2v) is 7.84. The van der Waals surface area contributed by atoms with Crippen molar-refractivity contribution in [3.63, 3.8) is 0 Å². The van der Waals surface area contributed by atoms with Crippen molar-refractivity contribution in [3.05, 3.63) is 51.5 Å². The zero-order valence-corrected chi connectivity index (χ0v) is 20.0. The molecule has 0 saturated carbocycles. The monoisotopic (exact) mass is 536 g/mol. The Labute approximate surface area is 202 Å². The number of carboxylic acid groups (broad SMARTS) is 1. The van der Waals surface area contributed by atoms with Crippen LogP contribution in [-0.4, -0.2) is 53.7 Å². The fourth-order valence-corrected chi connectivity index (χ4v) is 3.40. The smallest absolute Gasteiger partial charge is 0.373 e. The van der Waals surface area contributed by atoms with Gasteiger partial charge in [-0.1, -0.05) is 15.9 Å². The van der Waals surface area contributed by atoms with E-state index in [1.54, 1.807) is 13.0 Å². The number of hydrogen-bond donors (Lipinski definition) is 2. The SMILES string of the molecule is CCOc1cc(/C=C2\NC(=O)N(Cc3ccc(C(=O)OC)o3)C2=O)c(Br)cc1O[C@H](C)C(=O)O. The Morgan fingerprint density at radius 2 is 2.00 bits per heavy atom. The van der Waals surface area contributed by atoms with Crippen LogP contribution >= 0.6 is 15.9 Å². The Morgan fingerprint density at radius 1 is 1.26 bits per heavy atom. The molecule has 3 rings (SSSR count). The van der Waals surface area contributed by atoms with Crippen LogP contribution in [0.4, 0.5) is 4.79 Å². The maximum absolute atomic E-state index is 12.8. The minimum absolute atomic E-state index is 0.000434. The average molecular weight is 537 g/mol. The van der Waals surface area contributed by atoms with Gasteiger partial charge in [-0.15, -0.1) is 0 Å². The molecule has 1 aromatic heterocycles. The molecule has 0 radical (unpaired) electrons. The zero-order chi connectivity index (χ0) is 25.0. The predicted molar refractivity (Wildman–Crippen MR) is 120 cm³/mol. The fourth-order valence-electron chi connectivity index (χ4n) is 2.96. The lowest BCUT2D eigenvalue weighted by molar-refractivity contribution is -0.144. The van der Waals surface area contributed by atoms with Crippen LogP contribution in [0.3, 0.4) is 0 Å². The second kappa shape index (κ2) is 10.4. The standard InChI is InChI=1S/C22H21BrN2O9/c1-4-32-17-8-12(14(23)9-18(17)33-11(2)20(27)28)7-15-19(26)25(22(30)24-15)10-13-5-6-16(34-13)21(29)31-3/h5-9,11H,4,10H2,1-3H3,(H,24,30)(H,27,28)/b15-7-/t11-/m1/s1. The number of furan rings is 1. The summed E-state index contributed by atoms with van der Waals surface area (Å²) in [7, 11) is 1.21. The molecule has 1 saturated heterocycles. The summed E-state index contributed by atoms with van der Waals surface area (Å²) in [6.45, 7) is 3.24. The van der Waals surface area contributed by atoms with Gasteiger partial charge in [0.1, 0.15) is 11.5 Å². The summed E-state index contributed by atoms with van der Waals surface area (Å²) in [4.78, 5) is 48.8. The Bertz CT molecular complexity index is 1170. The van der Waals surface area contributed by atoms with E-state index in [0.29, 0.717) is 10.0 Å². The van der Waals surface area contributed by atoms with E-state index in [9.17, 15) is 19.2 Å². The number of aliphatic carboxylic acids is 1. The molecular formula is C22H21BrN2O9. The number of benzene rings is 1. The van der Waals surface area contributed by atoms with Gasteiger partial charge in [0.25, 0.3) is 5.91 Å². The van der Waals surface area contributed by atoms with Crippen LogP contribution in [-0.2, 0) is 20.9 Å². The van der Waals surface area contributed by atoms with Gasteiger partial charge in [-0.2, -0.15) is 0 Å². The number of rotatable bonds is 9. The van der Waals surface area contributed by atoms with Crippen LogP contribution in [0.1, 0.15) is 35.7 Å². The number of imide groups is 1. The lowest BCUT2D eigenvalue weighted by Gasteiger charge is -2.16. The zero-order valence-electron chi connectivity index (χ0n) is 18.4. The second-order valence-electron chi connectivity index (χ2n) is 6.99. The minimum atomic E-state index is -1.14. The third-order valence-electron chi connectivity index (χ3n) is 4.64. The minimum Gasteiger partial charge on any atom is -0.490 e. The number of methoxy groups -OCH3 is 1. The maximum atomic E-state index is 12.8. The molecule has 1 aromatic carbocycles. The molecule has 180 valence electrons. The number of carbonyl (C=O) groups is 4. The number of esters is 1. The molecule has 1 aliphatic rings. The Hall–Kier alpha value is -3.80. The molecule has 0 bridgehead atoms. The van der Waals surface area contributed by atoms with Gasteiger partial charge in [0.15, 0.2) is 17.6 Å². The highest BCUT2D eigenvalue weighted by Gasteiger charge is 2.34. The quantitative estimate of drug-likeness (QED) is 0.280. The van der Waals surface area contributed by atoms with E-state index >= 15 is 0 Å². The molecule has 2 heterocycles. The molecule has 1 aliphatic heterocycles. The van der Waals surface area contributed by atoms with Gasteiger partial charge >= 0.3 is 18.0 Å². The van der Waals surface area contributed by atoms with Crippen LogP contribution in [0.25, 0.3) is 6.08 Å². The number of hydrogen-bond acceptors (Lipinski definition) is 8. The topological polar surface area (TPSA) is 145 Å². The number of nitrogens with zero attached hydrogens (tertiary/aromatic N) is 1. The summed E-state index contributed by atoms with van der Waals surface area (Å²) in [6, 6.07) is 5.27. The third kappa shape index (κ3) is 5.39. The van der Waals surface area contributed by atoms with Gasteiger partial charge in [-0.3, -0.25) is 9.69 Å². The van der Waals surface area contributed by atoms with Crippen LogP contribution in [0, 0.1) is 0 Å². The summed E-state index contributed by atoms with van der Waals surface area (Å²) in [5, 5.41) is 11.6. The van der Waals surface area contributed by atoms with Gasteiger partial charge in [-0.05, 0) is 49.8 Å². The van der Waals surface area contributed by atoms with Crippen LogP contribution < -0.4 is 14.8 Å². The first-order valence-corrected chi connectivity index (χ1v) is 10.8. The summed E-state index contributed by atoms with van der Waals surface area (Å²) >= 11 is 3.37. The van der Waals surface area contributed by atoms with E-state index < -0.39 is 30.0 Å². The largest absolute Gasteiger partial charge is 0.490 e. The summed E-state index contributed by atoms with van der Waals surface area (Å²) in [6.07, 6.45) is 0.333. The van der Waals surface area contributed by atoms with Gasteiger partial charge in [-0.25, -0.2) is 14.4 Å². The molecule has 0 spiro atoms. The first-order valence-electron chi connectivity index (χ1n) is 10.0. The molecule has 1 atom stereocenters. The van der Waals surface area contributed by atoms with E-state index in [1.807, 2.05) is 0 Å². The Balaban J connectivity index is 1.84. The van der Waals surface area contributed by atoms with Gasteiger partial charge < -0.3 is 29.1 Å². The number of halogens is 1. The number of nitrogens with one attached hydrogen (secondary N) is 1. The van der Waals surface area contributed by atoms with Crippen molar-refractivity contribution in [1.82, 2.24) is 10.2 Å². The normalized spacial score (nSPS) is 15.3. The van der Waals surface area contributed by atoms with Gasteiger partial charge in [0.2, 0.25) is 5.76 Å². The molecule has 11 nitrogen and oxygen atoms in total. The highest BCUT2D eigenvalue weighted by Crippen LogP contribution is 2.36. The van der Waals surface area contributed by atoms with Crippen molar-refractivity contribution in [2.75, 3.05) is 13.7 Å². The lowest BCUT2D eigenvalue weighted by atomic mass is 10.1. The molecule has 34 heavy (non-hydrogen) atoms. The van der Waals surface area contributed by atoms with Crippen molar-refractivity contribution in [1.29, 1.82) is 0 Å². The van der Waals surface area contributed by atoms with Gasteiger partial charge in [0.05, 0.1) is 20.3 Å². The molecule has 0 unspecified atom stereocenters. The number of ether oxygens (including phenoxy) is 3. The Kier molecular flexibility index (Phi) is 7.61. The first kappa shape index (κ1) is 24.8. The molecule has 2 N–H and O–H groups in total. The number of carboxylic acids is 1. The molecule has 1 fully saturated rings. The van der Waals surface area contributed by atoms with E-state index in [0.717, 1.165) is 4.90 Å². The molecular weight excluding hydrogens is 516 g/mol. The summed E-state index contributed by atoms with van der Waals surface area (Å²) in [5.41, 5.74) is 0.482. The number of carbonyl (C=O) groups excluding carboxylic acids is 3. The van der Waals surface area contributed by atoms with Crippen LogP contribution in [0.2, 0.25) is 0 Å². The summed E-state index contributed by atoms with van der Waals surface area (Å²) < 4.78 is 21.4. The Morgan fingerprint density at radius 3 is 2.65 bits per heavy atom. The van der Waals surface area contributed by atoms with Crippen molar-refractivity contribution in [3.8, 4) is 11.5 Å². The van der Waals surface area contributed by atoms with E-state index in [-0.39, 0.29) is 41.9 Å². The molecule has 12 heteroatoms. The highest BCUT2D eigenvalue weighted by atomic mass is 79.9. The lowest BCUT2D eigenvalue weighted by Crippen LogP contribution is -2.30. The van der Waals surface area contributed by atoms with Crippen molar-refractivity contribution >= 4 is 45.9 Å². The highest BCUT2D eigenvalue weighted by molar-refractivity contribution is 9.10. The third-order valence-corrected chi connectivity index (χ3v) is 5.33. The number of amides is 3. The summed E-state index contributed by atoms with van der Waals surface area (Å²) in [5.74, 6) is -1.78. The van der Waals surface area contributed by atoms with Gasteiger partial charge in [0, 0.05) is 4.47 Å². The predicted octanol–water partition coefficient (Wildman–Crippen LogP) is 3.17. The van der Waals surface area contributed by atoms with Crippen molar-refractivity contribution in [2.45, 2.75) is 26.5 Å². The van der Waals surface area contributed by atoms with E-state index in [2.05, 4.69) is 26.0 Å². The van der Waals surface area contributed by atoms with Crippen molar-refractivity contribution < 1.29 is 42.9 Å². The molecule has 3 amide bonds. The van der Waals surface area contributed by atoms with Crippen LogP contribution in [0.5, 0.6) is 11.5 Å². The first-order chi connectivity index (χ1) is 16.1. The average Bonchev–Trinajstić information content (AvgIpc) is 3.36. The molecule has 0 aliphatic carbocycles. The maximum Gasteiger partial charge on any atom is 0.373 e. The van der Waals surface area contributed by atoms with Crippen LogP contribution in [0.15, 0.2) is 38.9 Å². The van der Waals surface area contributed by atoms with E-state index in [4.69, 9.17) is 19.0 Å².